The number of rotatable bonds is 10. The zero-order valence-electron chi connectivity index (χ0n) is 30.3. The van der Waals surface area contributed by atoms with Gasteiger partial charge in [0.1, 0.15) is 5.82 Å². The molecule has 0 saturated heterocycles. The number of anilines is 2. The summed E-state index contributed by atoms with van der Waals surface area (Å²) in [6, 6.07) is 8.87. The number of hydrogen-bond donors (Lipinski definition) is 5. The number of benzene rings is 1. The van der Waals surface area contributed by atoms with Crippen molar-refractivity contribution in [2.24, 2.45) is 11.7 Å². The highest BCUT2D eigenvalue weighted by Gasteiger charge is 2.32. The Morgan fingerprint density at radius 2 is 1.69 bits per heavy atom. The number of allylic oxidation sites excluding steroid dienone is 2. The van der Waals surface area contributed by atoms with Gasteiger partial charge in [0, 0.05) is 28.7 Å². The van der Waals surface area contributed by atoms with E-state index in [1.54, 1.807) is 51.1 Å². The fraction of sp³-hybridized carbons (Fsp3) is 0.486. The normalized spacial score (nSPS) is 13.2. The Bertz CT molecular complexity index is 1530. The molecular weight excluding hydrogens is 631 g/mol. The van der Waals surface area contributed by atoms with Crippen LogP contribution in [0.4, 0.5) is 24.7 Å². The monoisotopic (exact) mass is 685 g/mol. The fourth-order valence-corrected chi connectivity index (χ4v) is 4.23. The molecule has 0 aliphatic heterocycles. The zero-order chi connectivity index (χ0) is 37.3. The van der Waals surface area contributed by atoms with E-state index in [1.807, 2.05) is 20.8 Å². The molecule has 1 fully saturated rings. The second kappa shape index (κ2) is 20.9. The van der Waals surface area contributed by atoms with Crippen LogP contribution in [0.15, 0.2) is 48.3 Å². The van der Waals surface area contributed by atoms with Gasteiger partial charge in [-0.25, -0.2) is 4.98 Å². The molecule has 6 N–H and O–H groups in total. The van der Waals surface area contributed by atoms with Crippen molar-refractivity contribution in [1.29, 1.82) is 5.41 Å². The third-order valence-corrected chi connectivity index (χ3v) is 7.11. The minimum absolute atomic E-state index is 0.136. The van der Waals surface area contributed by atoms with Gasteiger partial charge in [0.15, 0.2) is 5.69 Å². The van der Waals surface area contributed by atoms with Crippen LogP contribution in [0.2, 0.25) is 0 Å². The molecule has 0 radical (unpaired) electrons. The number of unbranched alkanes of at least 4 members (excludes halogenated alkanes) is 2. The summed E-state index contributed by atoms with van der Waals surface area (Å²) in [6.07, 6.45) is 2.93. The Morgan fingerprint density at radius 1 is 1.08 bits per heavy atom. The van der Waals surface area contributed by atoms with Gasteiger partial charge in [0.05, 0.1) is 24.1 Å². The molecule has 1 aromatic carbocycles. The lowest BCUT2D eigenvalue weighted by Gasteiger charge is -2.17. The Kier molecular flexibility index (Phi) is 18.2. The molecule has 270 valence electrons. The average molecular weight is 686 g/mol. The highest BCUT2D eigenvalue weighted by atomic mass is 19.4. The standard InChI is InChI=1S/C26H28F3N7O2.C5H12.C4H8.C2H6/c1-13-5-6-19(34-25(38)22-9-18(11-32-36-22)26(27,28)29)10-20(13)17-7-21(24(15(3)30)16(4)31)35-23(8-17)33-14(2)12-37;1-3-5-4-2;1-4-2-3-4;1-2/h5-11,14,30,37H,12,31H2,1-4H3,(H,33,35)(H,34,38);3-5H2,1-2H3;4H,2-3H2,1H3;1-2H3/b24-16+,30-15?;;;. The minimum Gasteiger partial charge on any atom is -0.402 e. The van der Waals surface area contributed by atoms with Crippen LogP contribution in [-0.2, 0) is 6.18 Å². The predicted molar refractivity (Wildman–Crippen MR) is 195 cm³/mol. The number of halogens is 3. The highest BCUT2D eigenvalue weighted by Crippen LogP contribution is 2.32. The van der Waals surface area contributed by atoms with Crippen molar-refractivity contribution in [3.8, 4) is 11.1 Å². The van der Waals surface area contributed by atoms with E-state index in [0.29, 0.717) is 51.9 Å². The number of aryl methyl sites for hydroxylation is 1. The van der Waals surface area contributed by atoms with Crippen LogP contribution in [0.3, 0.4) is 0 Å². The number of aliphatic hydroxyl groups excluding tert-OH is 1. The Labute approximate surface area is 289 Å². The molecule has 1 amide bonds. The van der Waals surface area contributed by atoms with Gasteiger partial charge in [0.2, 0.25) is 0 Å². The van der Waals surface area contributed by atoms with Crippen LogP contribution in [0.25, 0.3) is 16.7 Å². The van der Waals surface area contributed by atoms with Gasteiger partial charge < -0.3 is 26.9 Å². The number of nitrogens with zero attached hydrogens (tertiary/aromatic N) is 3. The van der Waals surface area contributed by atoms with E-state index >= 15 is 0 Å². The number of alkyl halides is 3. The largest absolute Gasteiger partial charge is 0.418 e. The summed E-state index contributed by atoms with van der Waals surface area (Å²) in [7, 11) is 0. The molecule has 3 aromatic rings. The SMILES string of the molecule is CC.CC(=N)/C(=C(/C)N)c1cc(-c2cc(NC(=O)c3cc(C(F)(F)F)cnn3)ccc2C)cc(NC(C)CO)n1.CC1CC1.CCCCC. The van der Waals surface area contributed by atoms with Crippen LogP contribution in [-0.4, -0.2) is 44.6 Å². The number of amides is 1. The van der Waals surface area contributed by atoms with Gasteiger partial charge in [-0.3, -0.25) is 4.79 Å². The molecule has 0 spiro atoms. The summed E-state index contributed by atoms with van der Waals surface area (Å²) in [5, 5.41) is 30.1. The summed E-state index contributed by atoms with van der Waals surface area (Å²) in [5.74, 6) is 0.670. The van der Waals surface area contributed by atoms with Crippen molar-refractivity contribution >= 4 is 28.7 Å². The predicted octanol–water partition coefficient (Wildman–Crippen LogP) is 9.28. The summed E-state index contributed by atoms with van der Waals surface area (Å²) in [6.45, 7) is 17.5. The molecule has 1 aliphatic rings. The van der Waals surface area contributed by atoms with E-state index in [9.17, 15) is 23.1 Å². The zero-order valence-corrected chi connectivity index (χ0v) is 30.3. The van der Waals surface area contributed by atoms with Gasteiger partial charge in [-0.1, -0.05) is 72.8 Å². The molecule has 12 heteroatoms. The van der Waals surface area contributed by atoms with E-state index in [1.165, 1.54) is 32.1 Å². The molecule has 4 rings (SSSR count). The second-order valence-electron chi connectivity index (χ2n) is 11.9. The van der Waals surface area contributed by atoms with Gasteiger partial charge >= 0.3 is 6.18 Å². The molecule has 2 heterocycles. The molecule has 1 saturated carbocycles. The van der Waals surface area contributed by atoms with Crippen molar-refractivity contribution in [3.05, 3.63) is 70.8 Å². The van der Waals surface area contributed by atoms with Crippen LogP contribution in [0.1, 0.15) is 115 Å². The first-order chi connectivity index (χ1) is 23.1. The van der Waals surface area contributed by atoms with Gasteiger partial charge in [-0.05, 0) is 80.6 Å². The lowest BCUT2D eigenvalue weighted by molar-refractivity contribution is -0.137. The summed E-state index contributed by atoms with van der Waals surface area (Å²) in [4.78, 5) is 17.2. The van der Waals surface area contributed by atoms with E-state index in [-0.39, 0.29) is 18.4 Å². The maximum Gasteiger partial charge on any atom is 0.418 e. The van der Waals surface area contributed by atoms with Crippen LogP contribution < -0.4 is 16.4 Å². The third-order valence-electron chi connectivity index (χ3n) is 7.11. The van der Waals surface area contributed by atoms with E-state index < -0.39 is 23.3 Å². The average Bonchev–Trinajstić information content (AvgIpc) is 3.84. The summed E-state index contributed by atoms with van der Waals surface area (Å²) >= 11 is 0. The number of nitrogens with two attached hydrogens (primary N) is 1. The number of aromatic nitrogens is 3. The highest BCUT2D eigenvalue weighted by molar-refractivity contribution is 6.21. The van der Waals surface area contributed by atoms with Crippen molar-refractivity contribution < 1.29 is 23.1 Å². The van der Waals surface area contributed by atoms with E-state index in [4.69, 9.17) is 11.1 Å². The smallest absolute Gasteiger partial charge is 0.402 e. The molecule has 49 heavy (non-hydrogen) atoms. The lowest BCUT2D eigenvalue weighted by Crippen LogP contribution is -2.20. The molecule has 0 bridgehead atoms. The Hall–Kier alpha value is -4.32. The number of aliphatic hydroxyl groups is 1. The maximum atomic E-state index is 13.0. The van der Waals surface area contributed by atoms with E-state index in [2.05, 4.69) is 46.6 Å². The fourth-order valence-electron chi connectivity index (χ4n) is 4.23. The topological polar surface area (TPSA) is 150 Å². The Morgan fingerprint density at radius 3 is 2.16 bits per heavy atom. The quantitative estimate of drug-likeness (QED) is 0.134. The number of nitrogens with one attached hydrogen (secondary N) is 3. The molecule has 9 nitrogen and oxygen atoms in total. The van der Waals surface area contributed by atoms with Crippen molar-refractivity contribution in [1.82, 2.24) is 15.2 Å². The van der Waals surface area contributed by atoms with Crippen LogP contribution in [0, 0.1) is 18.3 Å². The number of hydrogen-bond acceptors (Lipinski definition) is 8. The first-order valence-corrected chi connectivity index (χ1v) is 16.8. The first kappa shape index (κ1) is 42.7. The lowest BCUT2D eigenvalue weighted by atomic mass is 9.97. The van der Waals surface area contributed by atoms with Gasteiger partial charge in [0.25, 0.3) is 5.91 Å². The molecule has 1 aliphatic carbocycles. The van der Waals surface area contributed by atoms with Crippen molar-refractivity contribution in [2.75, 3.05) is 17.2 Å². The van der Waals surface area contributed by atoms with Crippen molar-refractivity contribution in [3.63, 3.8) is 0 Å². The molecular formula is C37H54F3N7O2. The number of carbonyl (C=O) groups excluding carboxylic acids is 1. The second-order valence-corrected chi connectivity index (χ2v) is 11.9. The Balaban J connectivity index is 0.000000940. The van der Waals surface area contributed by atoms with E-state index in [0.717, 1.165) is 11.5 Å². The number of pyridine rings is 1. The third kappa shape index (κ3) is 14.8. The van der Waals surface area contributed by atoms with Crippen LogP contribution >= 0.6 is 0 Å². The van der Waals surface area contributed by atoms with Gasteiger partial charge in [-0.2, -0.15) is 18.3 Å². The van der Waals surface area contributed by atoms with Crippen molar-refractivity contribution in [2.45, 2.75) is 107 Å². The molecule has 1 unspecified atom stereocenters. The molecule has 1 atom stereocenters. The summed E-state index contributed by atoms with van der Waals surface area (Å²) < 4.78 is 39.1. The number of carbonyl (C=O) groups is 1. The van der Waals surface area contributed by atoms with Gasteiger partial charge in [-0.15, -0.1) is 5.10 Å². The maximum absolute atomic E-state index is 13.0. The molecule has 2 aromatic heterocycles. The first-order valence-electron chi connectivity index (χ1n) is 16.8. The van der Waals surface area contributed by atoms with Crippen LogP contribution in [0.5, 0.6) is 0 Å². The summed E-state index contributed by atoms with van der Waals surface area (Å²) in [5.41, 5.74) is 8.53. The minimum atomic E-state index is -4.66.